The molecule has 1 aliphatic rings. The summed E-state index contributed by atoms with van der Waals surface area (Å²) in [5.41, 5.74) is 2.39. The molecule has 0 atom stereocenters. The van der Waals surface area contributed by atoms with E-state index < -0.39 is 0 Å². The summed E-state index contributed by atoms with van der Waals surface area (Å²) in [6, 6.07) is 13.6. The minimum Gasteiger partial charge on any atom is -0.338 e. The molecule has 0 spiro atoms. The first-order chi connectivity index (χ1) is 15.9. The normalized spacial score (nSPS) is 20.1. The summed E-state index contributed by atoms with van der Waals surface area (Å²) in [5, 5.41) is 5.72. The number of anilines is 1. The van der Waals surface area contributed by atoms with Crippen molar-refractivity contribution < 1.29 is 18.5 Å². The molecule has 1 fully saturated rings. The summed E-state index contributed by atoms with van der Waals surface area (Å²) in [7, 11) is 0. The fourth-order valence-corrected chi connectivity index (χ4v) is 4.71. The van der Waals surface area contributed by atoms with Crippen molar-refractivity contribution in [3.8, 4) is 0 Å². The molecular weight excluding hydrogens is 417 g/mol. The van der Waals surface area contributed by atoms with E-state index in [1.54, 1.807) is 36.4 Å². The molecule has 1 saturated heterocycles. The maximum atomic E-state index is 13.1. The number of quaternary nitrogens is 1. The number of carbonyl (C=O) groups is 2. The number of piperidine rings is 1. The molecule has 0 radical (unpaired) electrons. The maximum absolute atomic E-state index is 13.1. The molecule has 3 rings (SSSR count). The molecule has 0 aliphatic carbocycles. The van der Waals surface area contributed by atoms with Crippen molar-refractivity contribution in [1.82, 2.24) is 5.32 Å². The third-order valence-corrected chi connectivity index (χ3v) is 6.60. The number of benzene rings is 2. The van der Waals surface area contributed by atoms with Crippen LogP contribution in [0.1, 0.15) is 42.1 Å². The fraction of sp³-hybridized carbons (Fsp3) is 0.407. The van der Waals surface area contributed by atoms with Gasteiger partial charge >= 0.3 is 6.03 Å². The van der Waals surface area contributed by atoms with Crippen LogP contribution in [0.3, 0.4) is 0 Å². The lowest BCUT2D eigenvalue weighted by atomic mass is 9.88. The Hall–Kier alpha value is -2.99. The van der Waals surface area contributed by atoms with Crippen molar-refractivity contribution in [2.45, 2.75) is 32.6 Å². The number of likely N-dealkylation sites (tertiary alicyclic amines) is 1. The van der Waals surface area contributed by atoms with Crippen LogP contribution < -0.4 is 10.6 Å². The van der Waals surface area contributed by atoms with Crippen LogP contribution in [0, 0.1) is 11.7 Å². The lowest BCUT2D eigenvalue weighted by Gasteiger charge is -2.43. The zero-order valence-electron chi connectivity index (χ0n) is 19.5. The molecule has 0 unspecified atom stereocenters. The number of ketones is 1. The van der Waals surface area contributed by atoms with Crippen LogP contribution in [0.4, 0.5) is 14.9 Å². The standard InChI is InChI=1S/C27H34FN3O2/c1-3-15-31(17-12-23(13-18-31)19-22-8-10-25(28)11-9-22)16-5-14-29-27(33)30-26-7-4-6-24(20-26)21(2)32/h3-4,6-11,20,23H,1,5,12-19H2,2H3,(H-,29,30,33)/p+1. The van der Waals surface area contributed by atoms with Crippen LogP contribution >= 0.6 is 0 Å². The molecule has 2 amide bonds. The van der Waals surface area contributed by atoms with Gasteiger partial charge in [0, 0.05) is 24.2 Å². The zero-order valence-corrected chi connectivity index (χ0v) is 19.5. The molecule has 33 heavy (non-hydrogen) atoms. The van der Waals surface area contributed by atoms with Crippen molar-refractivity contribution in [3.63, 3.8) is 0 Å². The van der Waals surface area contributed by atoms with Gasteiger partial charge in [-0.2, -0.15) is 0 Å². The lowest BCUT2D eigenvalue weighted by Crippen LogP contribution is -2.54. The van der Waals surface area contributed by atoms with Gasteiger partial charge in [0.05, 0.1) is 26.2 Å². The van der Waals surface area contributed by atoms with E-state index in [1.165, 1.54) is 12.5 Å². The summed E-state index contributed by atoms with van der Waals surface area (Å²) in [6.45, 7) is 10.2. The van der Waals surface area contributed by atoms with Gasteiger partial charge in [0.2, 0.25) is 0 Å². The minimum absolute atomic E-state index is 0.0308. The Morgan fingerprint density at radius 3 is 2.55 bits per heavy atom. The summed E-state index contributed by atoms with van der Waals surface area (Å²) in [5.74, 6) is 0.411. The lowest BCUT2D eigenvalue weighted by molar-refractivity contribution is -0.928. The number of halogens is 1. The van der Waals surface area contributed by atoms with Gasteiger partial charge in [-0.3, -0.25) is 4.79 Å². The van der Waals surface area contributed by atoms with Crippen molar-refractivity contribution in [3.05, 3.63) is 78.1 Å². The van der Waals surface area contributed by atoms with Gasteiger partial charge in [0.15, 0.2) is 5.78 Å². The van der Waals surface area contributed by atoms with Gasteiger partial charge in [0.1, 0.15) is 5.82 Å². The molecule has 6 heteroatoms. The SMILES string of the molecule is C=CC[N+]1(CCCNC(=O)Nc2cccc(C(C)=O)c2)CCC(Cc2ccc(F)cc2)CC1. The Morgan fingerprint density at radius 1 is 1.15 bits per heavy atom. The summed E-state index contributed by atoms with van der Waals surface area (Å²) in [6.07, 6.45) is 6.18. The van der Waals surface area contributed by atoms with Crippen LogP contribution in [-0.2, 0) is 6.42 Å². The van der Waals surface area contributed by atoms with E-state index >= 15 is 0 Å². The first-order valence-corrected chi connectivity index (χ1v) is 11.8. The van der Waals surface area contributed by atoms with E-state index in [0.717, 1.165) is 56.3 Å². The van der Waals surface area contributed by atoms with Crippen molar-refractivity contribution >= 4 is 17.5 Å². The third kappa shape index (κ3) is 7.53. The predicted octanol–water partition coefficient (Wildman–Crippen LogP) is 5.20. The quantitative estimate of drug-likeness (QED) is 0.225. The number of Topliss-reactive ketones (excluding diaryl/α,β-unsaturated/α-hetero) is 1. The first-order valence-electron chi connectivity index (χ1n) is 11.8. The third-order valence-electron chi connectivity index (χ3n) is 6.60. The highest BCUT2D eigenvalue weighted by Gasteiger charge is 2.32. The maximum Gasteiger partial charge on any atom is 0.319 e. The van der Waals surface area contributed by atoms with E-state index in [-0.39, 0.29) is 17.6 Å². The number of carbonyl (C=O) groups excluding carboxylic acids is 2. The smallest absolute Gasteiger partial charge is 0.319 e. The molecule has 2 N–H and O–H groups in total. The second kappa shape index (κ2) is 11.8. The summed E-state index contributed by atoms with van der Waals surface area (Å²) < 4.78 is 14.2. The van der Waals surface area contributed by atoms with E-state index in [9.17, 15) is 14.0 Å². The highest BCUT2D eigenvalue weighted by Crippen LogP contribution is 2.27. The number of nitrogens with one attached hydrogen (secondary N) is 2. The molecule has 5 nitrogen and oxygen atoms in total. The topological polar surface area (TPSA) is 58.2 Å². The van der Waals surface area contributed by atoms with Crippen LogP contribution in [0.5, 0.6) is 0 Å². The van der Waals surface area contributed by atoms with Crippen LogP contribution in [0.15, 0.2) is 61.2 Å². The number of nitrogens with zero attached hydrogens (tertiary/aromatic N) is 1. The number of amides is 2. The number of hydrogen-bond acceptors (Lipinski definition) is 2. The first kappa shape index (κ1) is 24.6. The Morgan fingerprint density at radius 2 is 1.88 bits per heavy atom. The Labute approximate surface area is 196 Å². The Balaban J connectivity index is 1.42. The molecular formula is C27H35FN3O2+. The van der Waals surface area contributed by atoms with Gasteiger partial charge < -0.3 is 15.1 Å². The van der Waals surface area contributed by atoms with E-state index in [0.29, 0.717) is 23.7 Å². The zero-order chi connectivity index (χ0) is 23.7. The molecule has 0 aromatic heterocycles. The minimum atomic E-state index is -0.260. The van der Waals surface area contributed by atoms with E-state index in [1.807, 2.05) is 18.2 Å². The molecule has 1 heterocycles. The van der Waals surface area contributed by atoms with Crippen LogP contribution in [0.2, 0.25) is 0 Å². The van der Waals surface area contributed by atoms with Gasteiger partial charge in [-0.15, -0.1) is 0 Å². The largest absolute Gasteiger partial charge is 0.338 e. The monoisotopic (exact) mass is 452 g/mol. The molecule has 2 aromatic rings. The average Bonchev–Trinajstić information content (AvgIpc) is 2.80. The molecule has 0 bridgehead atoms. The Bertz CT molecular complexity index is 950. The predicted molar refractivity (Wildman–Crippen MR) is 131 cm³/mol. The van der Waals surface area contributed by atoms with Gasteiger partial charge in [0.25, 0.3) is 0 Å². The highest BCUT2D eigenvalue weighted by molar-refractivity contribution is 5.96. The number of urea groups is 1. The van der Waals surface area contributed by atoms with Crippen molar-refractivity contribution in [1.29, 1.82) is 0 Å². The van der Waals surface area contributed by atoms with Gasteiger partial charge in [-0.1, -0.05) is 30.8 Å². The van der Waals surface area contributed by atoms with E-state index in [4.69, 9.17) is 0 Å². The number of hydrogen-bond donors (Lipinski definition) is 2. The average molecular weight is 453 g/mol. The Kier molecular flexibility index (Phi) is 8.78. The van der Waals surface area contributed by atoms with Crippen LogP contribution in [0.25, 0.3) is 0 Å². The number of rotatable bonds is 10. The second-order valence-electron chi connectivity index (χ2n) is 9.13. The second-order valence-corrected chi connectivity index (χ2v) is 9.13. The molecule has 1 aliphatic heterocycles. The molecule has 0 saturated carbocycles. The van der Waals surface area contributed by atoms with Gasteiger partial charge in [-0.25, -0.2) is 9.18 Å². The van der Waals surface area contributed by atoms with Crippen molar-refractivity contribution in [2.75, 3.05) is 38.0 Å². The highest BCUT2D eigenvalue weighted by atomic mass is 19.1. The molecule has 176 valence electrons. The van der Waals surface area contributed by atoms with Crippen molar-refractivity contribution in [2.24, 2.45) is 5.92 Å². The summed E-state index contributed by atoms with van der Waals surface area (Å²) in [4.78, 5) is 23.7. The fourth-order valence-electron chi connectivity index (χ4n) is 4.71. The van der Waals surface area contributed by atoms with Crippen LogP contribution in [-0.4, -0.2) is 49.0 Å². The molecule has 2 aromatic carbocycles. The van der Waals surface area contributed by atoms with Gasteiger partial charge in [-0.05, 0) is 68.0 Å². The van der Waals surface area contributed by atoms with E-state index in [2.05, 4.69) is 17.2 Å². The summed E-state index contributed by atoms with van der Waals surface area (Å²) >= 11 is 0.